The number of halogens is 4. The summed E-state index contributed by atoms with van der Waals surface area (Å²) in [5, 5.41) is 2.44. The number of carbonyl (C=O) groups is 1. The maximum Gasteiger partial charge on any atom is 0.416 e. The van der Waals surface area contributed by atoms with E-state index in [1.54, 1.807) is 0 Å². The molecule has 3 N–H and O–H groups in total. The van der Waals surface area contributed by atoms with Crippen LogP contribution in [0.15, 0.2) is 22.7 Å². The van der Waals surface area contributed by atoms with Crippen molar-refractivity contribution in [2.75, 3.05) is 5.32 Å². The highest BCUT2D eigenvalue weighted by Crippen LogP contribution is 2.47. The van der Waals surface area contributed by atoms with Gasteiger partial charge in [-0.15, -0.1) is 0 Å². The zero-order valence-corrected chi connectivity index (χ0v) is 12.5. The maximum atomic E-state index is 12.7. The van der Waals surface area contributed by atoms with E-state index in [4.69, 9.17) is 18.0 Å². The standard InChI is InChI=1S/C12H10BrF3N2OS/c13-7-3-6(12(14,15)16)4-8(5-7)18-10(19)11(1-2-11)9(17)20/h3-5H,1-2H2,(H2,17,20)(H,18,19). The van der Waals surface area contributed by atoms with Crippen molar-refractivity contribution in [2.24, 2.45) is 11.1 Å². The van der Waals surface area contributed by atoms with Crippen LogP contribution in [0.5, 0.6) is 0 Å². The van der Waals surface area contributed by atoms with Crippen LogP contribution in [-0.4, -0.2) is 10.9 Å². The van der Waals surface area contributed by atoms with Gasteiger partial charge in [-0.25, -0.2) is 0 Å². The first-order chi connectivity index (χ1) is 9.15. The summed E-state index contributed by atoms with van der Waals surface area (Å²) in [6, 6.07) is 3.21. The summed E-state index contributed by atoms with van der Waals surface area (Å²) in [6.07, 6.45) is -3.44. The van der Waals surface area contributed by atoms with E-state index in [-0.39, 0.29) is 15.1 Å². The molecule has 0 bridgehead atoms. The molecule has 20 heavy (non-hydrogen) atoms. The number of nitrogens with two attached hydrogens (primary N) is 1. The Morgan fingerprint density at radius 1 is 1.35 bits per heavy atom. The topological polar surface area (TPSA) is 55.1 Å². The average molecular weight is 367 g/mol. The van der Waals surface area contributed by atoms with Gasteiger partial charge in [0, 0.05) is 10.2 Å². The molecule has 1 aliphatic rings. The van der Waals surface area contributed by atoms with Crippen molar-refractivity contribution in [3.8, 4) is 0 Å². The third kappa shape index (κ3) is 2.95. The number of carbonyl (C=O) groups excluding carboxylic acids is 1. The van der Waals surface area contributed by atoms with Gasteiger partial charge >= 0.3 is 6.18 Å². The fourth-order valence-corrected chi connectivity index (χ4v) is 2.58. The van der Waals surface area contributed by atoms with Crippen LogP contribution < -0.4 is 11.1 Å². The SMILES string of the molecule is NC(=S)C1(C(=O)Nc2cc(Br)cc(C(F)(F)F)c2)CC1. The van der Waals surface area contributed by atoms with Crippen molar-refractivity contribution in [3.05, 3.63) is 28.2 Å². The first kappa shape index (κ1) is 15.2. The van der Waals surface area contributed by atoms with Gasteiger partial charge in [-0.3, -0.25) is 4.79 Å². The molecule has 0 aromatic heterocycles. The highest BCUT2D eigenvalue weighted by atomic mass is 79.9. The van der Waals surface area contributed by atoms with Gasteiger partial charge in [0.15, 0.2) is 0 Å². The van der Waals surface area contributed by atoms with E-state index < -0.39 is 23.1 Å². The van der Waals surface area contributed by atoms with Crippen LogP contribution in [0.4, 0.5) is 18.9 Å². The van der Waals surface area contributed by atoms with Gasteiger partial charge in [0.25, 0.3) is 0 Å². The van der Waals surface area contributed by atoms with Gasteiger partial charge in [-0.1, -0.05) is 28.1 Å². The van der Waals surface area contributed by atoms with E-state index >= 15 is 0 Å². The Balaban J connectivity index is 2.24. The zero-order chi connectivity index (χ0) is 15.1. The molecule has 0 aliphatic heterocycles. The second-order valence-electron chi connectivity index (χ2n) is 4.63. The molecule has 0 heterocycles. The summed E-state index contributed by atoms with van der Waals surface area (Å²) in [4.78, 5) is 12.1. The van der Waals surface area contributed by atoms with Gasteiger partial charge in [-0.05, 0) is 31.0 Å². The van der Waals surface area contributed by atoms with Crippen LogP contribution in [0.3, 0.4) is 0 Å². The monoisotopic (exact) mass is 366 g/mol. The molecule has 0 atom stereocenters. The number of hydrogen-bond acceptors (Lipinski definition) is 2. The molecule has 1 saturated carbocycles. The van der Waals surface area contributed by atoms with Gasteiger partial charge < -0.3 is 11.1 Å². The molecule has 1 aromatic rings. The minimum absolute atomic E-state index is 0.0548. The smallest absolute Gasteiger partial charge is 0.392 e. The van der Waals surface area contributed by atoms with Gasteiger partial charge in [0.2, 0.25) is 5.91 Å². The molecule has 0 spiro atoms. The normalized spacial score (nSPS) is 16.6. The van der Waals surface area contributed by atoms with Crippen molar-refractivity contribution in [3.63, 3.8) is 0 Å². The summed E-state index contributed by atoms with van der Waals surface area (Å²) in [7, 11) is 0. The van der Waals surface area contributed by atoms with E-state index in [9.17, 15) is 18.0 Å². The lowest BCUT2D eigenvalue weighted by Crippen LogP contribution is -2.35. The first-order valence-corrected chi connectivity index (χ1v) is 6.84. The molecule has 108 valence electrons. The Labute approximate surface area is 126 Å². The second-order valence-corrected chi connectivity index (χ2v) is 5.98. The second kappa shape index (κ2) is 5.00. The lowest BCUT2D eigenvalue weighted by Gasteiger charge is -2.15. The zero-order valence-electron chi connectivity index (χ0n) is 10.1. The van der Waals surface area contributed by atoms with Gasteiger partial charge in [-0.2, -0.15) is 13.2 Å². The van der Waals surface area contributed by atoms with E-state index in [0.717, 1.165) is 12.1 Å². The van der Waals surface area contributed by atoms with Crippen LogP contribution in [0.1, 0.15) is 18.4 Å². The number of anilines is 1. The van der Waals surface area contributed by atoms with Crippen molar-refractivity contribution in [1.82, 2.24) is 0 Å². The van der Waals surface area contributed by atoms with E-state index in [2.05, 4.69) is 21.2 Å². The number of amides is 1. The fourth-order valence-electron chi connectivity index (χ4n) is 1.79. The quantitative estimate of drug-likeness (QED) is 0.805. The Hall–Kier alpha value is -1.15. The van der Waals surface area contributed by atoms with E-state index in [1.165, 1.54) is 6.07 Å². The molecule has 1 aliphatic carbocycles. The number of benzene rings is 1. The van der Waals surface area contributed by atoms with Gasteiger partial charge in [0.05, 0.1) is 16.0 Å². The van der Waals surface area contributed by atoms with E-state index in [0.29, 0.717) is 12.8 Å². The van der Waals surface area contributed by atoms with Crippen molar-refractivity contribution in [1.29, 1.82) is 0 Å². The summed E-state index contributed by atoms with van der Waals surface area (Å²) in [6.45, 7) is 0. The minimum atomic E-state index is -4.48. The molecule has 8 heteroatoms. The average Bonchev–Trinajstić information content (AvgIpc) is 3.07. The van der Waals surface area contributed by atoms with Gasteiger partial charge in [0.1, 0.15) is 0 Å². The van der Waals surface area contributed by atoms with Crippen LogP contribution >= 0.6 is 28.1 Å². The van der Waals surface area contributed by atoms with Crippen LogP contribution in [0, 0.1) is 5.41 Å². The summed E-state index contributed by atoms with van der Waals surface area (Å²) in [5.74, 6) is -0.462. The summed E-state index contributed by atoms with van der Waals surface area (Å²) in [5.41, 5.74) is 3.80. The molecule has 3 nitrogen and oxygen atoms in total. The Bertz CT molecular complexity index is 585. The molecule has 0 saturated heterocycles. The number of hydrogen-bond donors (Lipinski definition) is 2. The lowest BCUT2D eigenvalue weighted by atomic mass is 10.1. The van der Waals surface area contributed by atoms with Crippen molar-refractivity contribution in [2.45, 2.75) is 19.0 Å². The Kier molecular flexibility index (Phi) is 3.81. The molecule has 1 aromatic carbocycles. The molecule has 2 rings (SSSR count). The molecular formula is C12H10BrF3N2OS. The molecule has 0 radical (unpaired) electrons. The molecule has 1 fully saturated rings. The summed E-state index contributed by atoms with van der Waals surface area (Å²) < 4.78 is 38.3. The number of thiocarbonyl (C=S) groups is 1. The van der Waals surface area contributed by atoms with E-state index in [1.807, 2.05) is 0 Å². The van der Waals surface area contributed by atoms with Crippen LogP contribution in [-0.2, 0) is 11.0 Å². The molecule has 0 unspecified atom stereocenters. The minimum Gasteiger partial charge on any atom is -0.392 e. The van der Waals surface area contributed by atoms with Crippen molar-refractivity contribution < 1.29 is 18.0 Å². The predicted octanol–water partition coefficient (Wildman–Crippen LogP) is 3.47. The first-order valence-electron chi connectivity index (χ1n) is 5.64. The number of rotatable bonds is 3. The Morgan fingerprint density at radius 3 is 2.40 bits per heavy atom. The Morgan fingerprint density at radius 2 is 1.95 bits per heavy atom. The molecular weight excluding hydrogens is 357 g/mol. The number of alkyl halides is 3. The predicted molar refractivity (Wildman–Crippen MR) is 76.2 cm³/mol. The summed E-state index contributed by atoms with van der Waals surface area (Å²) >= 11 is 7.81. The fraction of sp³-hybridized carbons (Fsp3) is 0.333. The third-order valence-corrected chi connectivity index (χ3v) is 3.99. The largest absolute Gasteiger partial charge is 0.416 e. The van der Waals surface area contributed by atoms with Crippen LogP contribution in [0.25, 0.3) is 0 Å². The lowest BCUT2D eigenvalue weighted by molar-refractivity contribution is -0.137. The maximum absolute atomic E-state index is 12.7. The molecule has 1 amide bonds. The van der Waals surface area contributed by atoms with Crippen molar-refractivity contribution >= 4 is 44.7 Å². The third-order valence-electron chi connectivity index (χ3n) is 3.14. The highest BCUT2D eigenvalue weighted by molar-refractivity contribution is 9.10. The number of nitrogens with one attached hydrogen (secondary N) is 1. The highest BCUT2D eigenvalue weighted by Gasteiger charge is 2.52. The van der Waals surface area contributed by atoms with Crippen LogP contribution in [0.2, 0.25) is 0 Å².